The highest BCUT2D eigenvalue weighted by Crippen LogP contribution is 2.41. The van der Waals surface area contributed by atoms with Crippen LogP contribution in [0.25, 0.3) is 5.65 Å². The maximum atomic E-state index is 12.7. The van der Waals surface area contributed by atoms with Gasteiger partial charge in [0.1, 0.15) is 5.65 Å². The van der Waals surface area contributed by atoms with E-state index in [-0.39, 0.29) is 17.1 Å². The number of benzene rings is 1. The topological polar surface area (TPSA) is 83.6 Å². The van der Waals surface area contributed by atoms with Gasteiger partial charge in [0, 0.05) is 30.9 Å². The molecule has 0 spiro atoms. The predicted molar refractivity (Wildman–Crippen MR) is 107 cm³/mol. The van der Waals surface area contributed by atoms with E-state index >= 15 is 0 Å². The molecule has 1 fully saturated rings. The second kappa shape index (κ2) is 6.77. The lowest BCUT2D eigenvalue weighted by molar-refractivity contribution is 0.0642. The summed E-state index contributed by atoms with van der Waals surface area (Å²) < 4.78 is 7.03. The van der Waals surface area contributed by atoms with Crippen LogP contribution < -0.4 is 5.56 Å². The summed E-state index contributed by atoms with van der Waals surface area (Å²) in [6.45, 7) is 1.10. The Morgan fingerprint density at radius 1 is 1.07 bits per heavy atom. The standard InChI is InChI=1S/C22H20N4O3/c27-20-14-17(29-24-20)21(28)25-12-9-22(10-13-25,16-6-2-1-3-7-16)18-15-26-11-5-4-8-19(26)23-18/h1-8,11,14-15H,9-10,12-13H2,(H,24,27). The van der Waals surface area contributed by atoms with Gasteiger partial charge in [-0.3, -0.25) is 9.59 Å². The first-order valence-electron chi connectivity index (χ1n) is 9.63. The lowest BCUT2D eigenvalue weighted by atomic mass is 9.70. The van der Waals surface area contributed by atoms with Crippen molar-refractivity contribution in [3.63, 3.8) is 0 Å². The molecule has 0 unspecified atom stereocenters. The van der Waals surface area contributed by atoms with Gasteiger partial charge in [0.15, 0.2) is 0 Å². The number of nitrogens with zero attached hydrogens (tertiary/aromatic N) is 3. The van der Waals surface area contributed by atoms with E-state index in [9.17, 15) is 9.59 Å². The third kappa shape index (κ3) is 2.95. The summed E-state index contributed by atoms with van der Waals surface area (Å²) in [5.41, 5.74) is 2.43. The third-order valence-corrected chi connectivity index (χ3v) is 5.82. The molecule has 0 radical (unpaired) electrons. The molecule has 1 aromatic carbocycles. The van der Waals surface area contributed by atoms with Crippen LogP contribution in [0.2, 0.25) is 0 Å². The number of piperidine rings is 1. The number of likely N-dealkylation sites (tertiary alicyclic amines) is 1. The number of carbonyl (C=O) groups is 1. The SMILES string of the molecule is O=C(c1cc(=O)[nH]o1)N1CCC(c2ccccc2)(c2cn3ccccc3n2)CC1. The predicted octanol–water partition coefficient (Wildman–Crippen LogP) is 2.84. The van der Waals surface area contributed by atoms with E-state index in [2.05, 4.69) is 23.5 Å². The van der Waals surface area contributed by atoms with Crippen LogP contribution in [0.15, 0.2) is 76.3 Å². The summed E-state index contributed by atoms with van der Waals surface area (Å²) in [4.78, 5) is 30.6. The summed E-state index contributed by atoms with van der Waals surface area (Å²) >= 11 is 0. The fourth-order valence-electron chi connectivity index (χ4n) is 4.25. The van der Waals surface area contributed by atoms with E-state index in [4.69, 9.17) is 9.51 Å². The summed E-state index contributed by atoms with van der Waals surface area (Å²) in [5, 5.41) is 2.18. The van der Waals surface area contributed by atoms with Crippen LogP contribution in [0.3, 0.4) is 0 Å². The molecule has 1 amide bonds. The monoisotopic (exact) mass is 388 g/mol. The number of aromatic amines is 1. The van der Waals surface area contributed by atoms with Crippen molar-refractivity contribution in [3.8, 4) is 0 Å². The molecule has 29 heavy (non-hydrogen) atoms. The number of hydrogen-bond acceptors (Lipinski definition) is 4. The van der Waals surface area contributed by atoms with Crippen molar-refractivity contribution in [2.45, 2.75) is 18.3 Å². The van der Waals surface area contributed by atoms with Crippen LogP contribution >= 0.6 is 0 Å². The number of carbonyl (C=O) groups excluding carboxylic acids is 1. The summed E-state index contributed by atoms with van der Waals surface area (Å²) in [5.74, 6) is -0.213. The van der Waals surface area contributed by atoms with Gasteiger partial charge in [-0.2, -0.15) is 5.16 Å². The Kier molecular flexibility index (Phi) is 4.08. The Labute approximate surface area is 166 Å². The molecule has 1 N–H and O–H groups in total. The van der Waals surface area contributed by atoms with Crippen LogP contribution in [-0.2, 0) is 5.41 Å². The zero-order valence-electron chi connectivity index (χ0n) is 15.7. The molecule has 5 rings (SSSR count). The fourth-order valence-corrected chi connectivity index (χ4v) is 4.25. The quantitative estimate of drug-likeness (QED) is 0.585. The molecule has 146 valence electrons. The molecular formula is C22H20N4O3. The molecular weight excluding hydrogens is 368 g/mol. The molecule has 7 nitrogen and oxygen atoms in total. The maximum absolute atomic E-state index is 12.7. The minimum absolute atomic E-state index is 0.0509. The van der Waals surface area contributed by atoms with E-state index in [1.165, 1.54) is 11.6 Å². The Morgan fingerprint density at radius 2 is 1.83 bits per heavy atom. The number of hydrogen-bond donors (Lipinski definition) is 1. The normalized spacial score (nSPS) is 16.2. The lowest BCUT2D eigenvalue weighted by Gasteiger charge is -2.41. The van der Waals surface area contributed by atoms with Crippen molar-refractivity contribution in [2.75, 3.05) is 13.1 Å². The molecule has 0 atom stereocenters. The van der Waals surface area contributed by atoms with Crippen molar-refractivity contribution in [1.82, 2.24) is 19.4 Å². The molecule has 4 heterocycles. The molecule has 1 aliphatic heterocycles. The average molecular weight is 388 g/mol. The smallest absolute Gasteiger partial charge is 0.292 e. The van der Waals surface area contributed by atoms with E-state index < -0.39 is 5.56 Å². The summed E-state index contributed by atoms with van der Waals surface area (Å²) in [6, 6.07) is 17.5. The Hall–Kier alpha value is -3.61. The van der Waals surface area contributed by atoms with E-state index in [1.807, 2.05) is 47.0 Å². The number of rotatable bonds is 3. The first kappa shape index (κ1) is 17.5. The number of imidazole rings is 1. The summed E-state index contributed by atoms with van der Waals surface area (Å²) in [6.07, 6.45) is 5.56. The minimum Gasteiger partial charge on any atom is -0.373 e. The van der Waals surface area contributed by atoms with Crippen molar-refractivity contribution in [3.05, 3.63) is 94.4 Å². The first-order chi connectivity index (χ1) is 14.2. The first-order valence-corrected chi connectivity index (χ1v) is 9.63. The Balaban J connectivity index is 1.50. The van der Waals surface area contributed by atoms with Gasteiger partial charge in [-0.15, -0.1) is 0 Å². The van der Waals surface area contributed by atoms with E-state index in [0.29, 0.717) is 13.1 Å². The molecule has 0 aliphatic carbocycles. The highest BCUT2D eigenvalue weighted by atomic mass is 16.5. The largest absolute Gasteiger partial charge is 0.373 e. The maximum Gasteiger partial charge on any atom is 0.292 e. The van der Waals surface area contributed by atoms with Crippen LogP contribution in [0.5, 0.6) is 0 Å². The van der Waals surface area contributed by atoms with Gasteiger partial charge in [-0.25, -0.2) is 4.98 Å². The third-order valence-electron chi connectivity index (χ3n) is 5.82. The molecule has 1 saturated heterocycles. The van der Waals surface area contributed by atoms with Crippen LogP contribution in [0, 0.1) is 0 Å². The van der Waals surface area contributed by atoms with Crippen molar-refractivity contribution < 1.29 is 9.32 Å². The second-order valence-corrected chi connectivity index (χ2v) is 7.41. The highest BCUT2D eigenvalue weighted by Gasteiger charge is 2.41. The van der Waals surface area contributed by atoms with Gasteiger partial charge >= 0.3 is 0 Å². The van der Waals surface area contributed by atoms with Gasteiger partial charge < -0.3 is 13.8 Å². The molecule has 4 aromatic rings. The molecule has 1 aliphatic rings. The Bertz CT molecular complexity index is 1180. The van der Waals surface area contributed by atoms with Crippen LogP contribution in [-0.4, -0.2) is 38.4 Å². The summed E-state index contributed by atoms with van der Waals surface area (Å²) in [7, 11) is 0. The number of amides is 1. The fraction of sp³-hybridized carbons (Fsp3) is 0.227. The lowest BCUT2D eigenvalue weighted by Crippen LogP contribution is -2.46. The van der Waals surface area contributed by atoms with Gasteiger partial charge in [0.05, 0.1) is 11.8 Å². The van der Waals surface area contributed by atoms with E-state index in [1.54, 1.807) is 4.90 Å². The van der Waals surface area contributed by atoms with Crippen molar-refractivity contribution >= 4 is 11.6 Å². The van der Waals surface area contributed by atoms with Gasteiger partial charge in [0.25, 0.3) is 11.5 Å². The van der Waals surface area contributed by atoms with Crippen LogP contribution in [0.1, 0.15) is 34.7 Å². The van der Waals surface area contributed by atoms with Gasteiger partial charge in [-0.1, -0.05) is 36.4 Å². The Morgan fingerprint density at radius 3 is 2.52 bits per heavy atom. The van der Waals surface area contributed by atoms with Crippen molar-refractivity contribution in [1.29, 1.82) is 0 Å². The number of aromatic nitrogens is 3. The van der Waals surface area contributed by atoms with Crippen LogP contribution in [0.4, 0.5) is 0 Å². The zero-order chi connectivity index (χ0) is 19.8. The highest BCUT2D eigenvalue weighted by molar-refractivity contribution is 5.91. The molecule has 3 aromatic heterocycles. The molecule has 0 bridgehead atoms. The van der Waals surface area contributed by atoms with Gasteiger partial charge in [0.2, 0.25) is 5.76 Å². The minimum atomic E-state index is -0.409. The average Bonchev–Trinajstić information content (AvgIpc) is 3.40. The van der Waals surface area contributed by atoms with Gasteiger partial charge in [-0.05, 0) is 30.5 Å². The molecule has 7 heteroatoms. The number of nitrogens with one attached hydrogen (secondary N) is 1. The molecule has 0 saturated carbocycles. The second-order valence-electron chi connectivity index (χ2n) is 7.41. The number of fused-ring (bicyclic) bond motifs is 1. The zero-order valence-corrected chi connectivity index (χ0v) is 15.7. The number of pyridine rings is 1. The van der Waals surface area contributed by atoms with Crippen molar-refractivity contribution in [2.24, 2.45) is 0 Å². The number of H-pyrrole nitrogens is 1. The van der Waals surface area contributed by atoms with E-state index in [0.717, 1.165) is 24.2 Å².